The topological polar surface area (TPSA) is 56.1 Å². The molecule has 5 nitrogen and oxygen atoms in total. The summed E-state index contributed by atoms with van der Waals surface area (Å²) >= 11 is 0. The van der Waals surface area contributed by atoms with Crippen molar-refractivity contribution < 1.29 is 22.7 Å². The van der Waals surface area contributed by atoms with E-state index < -0.39 is 18.3 Å². The number of nitrogens with one attached hydrogen (secondary N) is 1. The third-order valence-corrected chi connectivity index (χ3v) is 3.51. The van der Waals surface area contributed by atoms with E-state index in [0.717, 1.165) is 0 Å². The Hall–Kier alpha value is -3.29. The minimum Gasteiger partial charge on any atom is -0.435 e. The summed E-state index contributed by atoms with van der Waals surface area (Å²) in [5.41, 5.74) is 1.69. The molecule has 3 aromatic rings. The Morgan fingerprint density at radius 2 is 1.88 bits per heavy atom. The minimum atomic E-state index is -2.91. The van der Waals surface area contributed by atoms with E-state index in [1.54, 1.807) is 25.1 Å². The van der Waals surface area contributed by atoms with Gasteiger partial charge in [0.15, 0.2) is 5.69 Å². The number of aromatic nitrogens is 2. The highest BCUT2D eigenvalue weighted by Crippen LogP contribution is 2.19. The first kappa shape index (κ1) is 17.5. The lowest BCUT2D eigenvalue weighted by molar-refractivity contribution is -0.0498. The number of hydrogen-bond donors (Lipinski definition) is 1. The van der Waals surface area contributed by atoms with Crippen LogP contribution in [0.1, 0.15) is 16.2 Å². The maximum atomic E-state index is 13.4. The number of ether oxygens (including phenoxy) is 1. The average molecular weight is 361 g/mol. The second-order valence-electron chi connectivity index (χ2n) is 5.42. The van der Waals surface area contributed by atoms with Crippen molar-refractivity contribution >= 4 is 11.6 Å². The number of anilines is 1. The number of alkyl halides is 2. The number of carbonyl (C=O) groups excluding carboxylic acids is 1. The van der Waals surface area contributed by atoms with Gasteiger partial charge in [0.05, 0.1) is 5.69 Å². The fourth-order valence-corrected chi connectivity index (χ4v) is 2.37. The van der Waals surface area contributed by atoms with Gasteiger partial charge in [-0.25, -0.2) is 9.07 Å². The van der Waals surface area contributed by atoms with Gasteiger partial charge >= 0.3 is 6.61 Å². The predicted octanol–water partition coefficient (Wildman–Crippen LogP) is 4.17. The van der Waals surface area contributed by atoms with Crippen molar-refractivity contribution in [3.05, 3.63) is 71.8 Å². The molecule has 0 radical (unpaired) electrons. The number of rotatable bonds is 5. The SMILES string of the molecule is Cc1cc(C(=O)Nc2ccc(OC(F)F)cc2)nn1-c1cccc(F)c1. The normalized spacial score (nSPS) is 10.8. The molecule has 26 heavy (non-hydrogen) atoms. The number of nitrogens with zero attached hydrogens (tertiary/aromatic N) is 2. The molecule has 8 heteroatoms. The molecule has 2 aromatic carbocycles. The molecule has 0 aliphatic heterocycles. The lowest BCUT2D eigenvalue weighted by atomic mass is 10.3. The summed E-state index contributed by atoms with van der Waals surface area (Å²) in [5.74, 6) is -0.899. The minimum absolute atomic E-state index is 0.00998. The molecule has 0 spiro atoms. The highest BCUT2D eigenvalue weighted by Gasteiger charge is 2.14. The maximum absolute atomic E-state index is 13.4. The Morgan fingerprint density at radius 3 is 2.54 bits per heavy atom. The fraction of sp³-hybridized carbons (Fsp3) is 0.111. The van der Waals surface area contributed by atoms with Crippen LogP contribution < -0.4 is 10.1 Å². The Kier molecular flexibility index (Phi) is 4.92. The molecule has 0 saturated carbocycles. The van der Waals surface area contributed by atoms with Gasteiger partial charge in [0.2, 0.25) is 0 Å². The van der Waals surface area contributed by atoms with Crippen molar-refractivity contribution in [3.63, 3.8) is 0 Å². The van der Waals surface area contributed by atoms with Crippen LogP contribution in [0.4, 0.5) is 18.9 Å². The molecule has 0 aliphatic rings. The van der Waals surface area contributed by atoms with Crippen LogP contribution in [0.2, 0.25) is 0 Å². The van der Waals surface area contributed by atoms with Crippen LogP contribution in [0.15, 0.2) is 54.6 Å². The molecule has 0 saturated heterocycles. The summed E-state index contributed by atoms with van der Waals surface area (Å²) < 4.78 is 43.3. The number of amides is 1. The molecule has 0 unspecified atom stereocenters. The molecule has 1 heterocycles. The smallest absolute Gasteiger partial charge is 0.387 e. The second kappa shape index (κ2) is 7.30. The van der Waals surface area contributed by atoms with Crippen LogP contribution in [0.3, 0.4) is 0 Å². The lowest BCUT2D eigenvalue weighted by Crippen LogP contribution is -2.13. The van der Waals surface area contributed by atoms with Gasteiger partial charge < -0.3 is 10.1 Å². The second-order valence-corrected chi connectivity index (χ2v) is 5.42. The standard InChI is InChI=1S/C18H14F3N3O2/c1-11-9-16(23-24(11)14-4-2-3-12(19)10-14)17(25)22-13-5-7-15(8-6-13)26-18(20)21/h2-10,18H,1H3,(H,22,25). The summed E-state index contributed by atoms with van der Waals surface area (Å²) in [6, 6.07) is 12.9. The highest BCUT2D eigenvalue weighted by molar-refractivity contribution is 6.03. The summed E-state index contributed by atoms with van der Waals surface area (Å²) in [6.07, 6.45) is 0. The molecule has 0 aliphatic carbocycles. The van der Waals surface area contributed by atoms with Gasteiger partial charge in [0, 0.05) is 11.4 Å². The first-order valence-electron chi connectivity index (χ1n) is 7.61. The van der Waals surface area contributed by atoms with Crippen LogP contribution >= 0.6 is 0 Å². The van der Waals surface area contributed by atoms with Crippen molar-refractivity contribution in [1.82, 2.24) is 9.78 Å². The molecular formula is C18H14F3N3O2. The summed E-state index contributed by atoms with van der Waals surface area (Å²) in [4.78, 5) is 12.3. The fourth-order valence-electron chi connectivity index (χ4n) is 2.37. The zero-order valence-electron chi connectivity index (χ0n) is 13.6. The van der Waals surface area contributed by atoms with E-state index >= 15 is 0 Å². The predicted molar refractivity (Wildman–Crippen MR) is 89.3 cm³/mol. The van der Waals surface area contributed by atoms with Crippen LogP contribution in [-0.2, 0) is 0 Å². The van der Waals surface area contributed by atoms with E-state index in [9.17, 15) is 18.0 Å². The first-order valence-corrected chi connectivity index (χ1v) is 7.61. The summed E-state index contributed by atoms with van der Waals surface area (Å²) in [7, 11) is 0. The summed E-state index contributed by atoms with van der Waals surface area (Å²) in [6.45, 7) is -1.17. The van der Waals surface area contributed by atoms with Crippen LogP contribution in [0.5, 0.6) is 5.75 Å². The molecule has 1 amide bonds. The van der Waals surface area contributed by atoms with Crippen LogP contribution in [0, 0.1) is 12.7 Å². The highest BCUT2D eigenvalue weighted by atomic mass is 19.3. The van der Waals surface area contributed by atoms with Crippen molar-refractivity contribution in [2.75, 3.05) is 5.32 Å². The molecule has 0 bridgehead atoms. The Labute approximate surface area is 147 Å². The van der Waals surface area contributed by atoms with Gasteiger partial charge in [-0.2, -0.15) is 13.9 Å². The number of benzene rings is 2. The molecule has 3 rings (SSSR count). The molecule has 1 aromatic heterocycles. The van der Waals surface area contributed by atoms with Gasteiger partial charge in [-0.05, 0) is 55.5 Å². The number of halogens is 3. The zero-order chi connectivity index (χ0) is 18.7. The number of aryl methyl sites for hydroxylation is 1. The van der Waals surface area contributed by atoms with Gasteiger partial charge in [-0.3, -0.25) is 4.79 Å². The van der Waals surface area contributed by atoms with E-state index in [4.69, 9.17) is 0 Å². The van der Waals surface area contributed by atoms with E-state index in [0.29, 0.717) is 17.1 Å². The molecule has 0 fully saturated rings. The maximum Gasteiger partial charge on any atom is 0.387 e. The largest absolute Gasteiger partial charge is 0.435 e. The molecular weight excluding hydrogens is 347 g/mol. The van der Waals surface area contributed by atoms with Crippen LogP contribution in [-0.4, -0.2) is 22.3 Å². The van der Waals surface area contributed by atoms with Crippen LogP contribution in [0.25, 0.3) is 5.69 Å². The average Bonchev–Trinajstić information content (AvgIpc) is 2.98. The van der Waals surface area contributed by atoms with E-state index in [1.165, 1.54) is 41.1 Å². The van der Waals surface area contributed by atoms with Crippen molar-refractivity contribution in [2.45, 2.75) is 13.5 Å². The monoisotopic (exact) mass is 361 g/mol. The zero-order valence-corrected chi connectivity index (χ0v) is 13.6. The van der Waals surface area contributed by atoms with E-state index in [1.807, 2.05) is 0 Å². The van der Waals surface area contributed by atoms with Gasteiger partial charge in [-0.15, -0.1) is 0 Å². The number of carbonyl (C=O) groups is 1. The third kappa shape index (κ3) is 4.02. The first-order chi connectivity index (χ1) is 12.4. The Balaban J connectivity index is 1.75. The van der Waals surface area contributed by atoms with Crippen molar-refractivity contribution in [3.8, 4) is 11.4 Å². The molecule has 0 atom stereocenters. The molecule has 134 valence electrons. The number of hydrogen-bond acceptors (Lipinski definition) is 3. The molecule has 1 N–H and O–H groups in total. The van der Waals surface area contributed by atoms with Gasteiger partial charge in [0.25, 0.3) is 5.91 Å². The quantitative estimate of drug-likeness (QED) is 0.742. The third-order valence-electron chi connectivity index (χ3n) is 3.51. The lowest BCUT2D eigenvalue weighted by Gasteiger charge is -2.06. The summed E-state index contributed by atoms with van der Waals surface area (Å²) in [5, 5.41) is 6.80. The van der Waals surface area contributed by atoms with E-state index in [-0.39, 0.29) is 11.4 Å². The van der Waals surface area contributed by atoms with Gasteiger partial charge in [0.1, 0.15) is 11.6 Å². The van der Waals surface area contributed by atoms with E-state index in [2.05, 4.69) is 15.2 Å². The van der Waals surface area contributed by atoms with Gasteiger partial charge in [-0.1, -0.05) is 6.07 Å². The van der Waals surface area contributed by atoms with Crippen molar-refractivity contribution in [1.29, 1.82) is 0 Å². The Bertz CT molecular complexity index is 924. The van der Waals surface area contributed by atoms with Crippen molar-refractivity contribution in [2.24, 2.45) is 0 Å². The Morgan fingerprint density at radius 1 is 1.15 bits per heavy atom.